The van der Waals surface area contributed by atoms with Crippen molar-refractivity contribution >= 4 is 29.3 Å². The van der Waals surface area contributed by atoms with Gasteiger partial charge in [0.05, 0.1) is 6.61 Å². The minimum atomic E-state index is -0.522. The molecular weight excluding hydrogens is 439 g/mol. The summed E-state index contributed by atoms with van der Waals surface area (Å²) >= 11 is 6.52. The van der Waals surface area contributed by atoms with Gasteiger partial charge in [0.25, 0.3) is 5.91 Å². The van der Waals surface area contributed by atoms with Crippen LogP contribution in [0, 0.1) is 17.1 Å². The lowest BCUT2D eigenvalue weighted by atomic mass is 10.0. The van der Waals surface area contributed by atoms with E-state index in [4.69, 9.17) is 16.3 Å². The third kappa shape index (κ3) is 6.21. The first-order valence-corrected chi connectivity index (χ1v) is 11.0. The number of hydrogen-bond acceptors (Lipinski definition) is 3. The monoisotopic (exact) mass is 462 g/mol. The second-order valence-corrected chi connectivity index (χ2v) is 7.76. The third-order valence-electron chi connectivity index (χ3n) is 5.10. The highest BCUT2D eigenvalue weighted by atomic mass is 35.5. The highest BCUT2D eigenvalue weighted by Gasteiger charge is 2.15. The first-order chi connectivity index (χ1) is 15.9. The van der Waals surface area contributed by atoms with Crippen LogP contribution < -0.4 is 10.1 Å². The molecule has 1 amide bonds. The van der Waals surface area contributed by atoms with Crippen molar-refractivity contribution in [2.24, 2.45) is 0 Å². The van der Waals surface area contributed by atoms with Crippen molar-refractivity contribution in [3.05, 3.63) is 99.3 Å². The van der Waals surface area contributed by atoms with Crippen LogP contribution in [0.15, 0.2) is 66.2 Å². The molecule has 0 atom stereocenters. The van der Waals surface area contributed by atoms with Crippen molar-refractivity contribution in [2.45, 2.75) is 26.7 Å². The number of carbonyl (C=O) groups is 1. The van der Waals surface area contributed by atoms with Crippen molar-refractivity contribution < 1.29 is 13.9 Å². The van der Waals surface area contributed by atoms with E-state index < -0.39 is 5.91 Å². The fourth-order valence-corrected chi connectivity index (χ4v) is 3.63. The fraction of sp³-hybridized carbons (Fsp3) is 0.185. The number of benzene rings is 3. The molecule has 0 bridgehead atoms. The summed E-state index contributed by atoms with van der Waals surface area (Å²) in [6.07, 6.45) is 2.61. The van der Waals surface area contributed by atoms with Gasteiger partial charge in [0.2, 0.25) is 0 Å². The number of amides is 1. The Balaban J connectivity index is 1.89. The van der Waals surface area contributed by atoms with Crippen LogP contribution in [-0.2, 0) is 17.6 Å². The van der Waals surface area contributed by atoms with E-state index >= 15 is 0 Å². The number of nitrogens with zero attached hydrogens (tertiary/aromatic N) is 1. The van der Waals surface area contributed by atoms with Crippen LogP contribution in [0.25, 0.3) is 6.08 Å². The first kappa shape index (κ1) is 24.0. The largest absolute Gasteiger partial charge is 0.494 e. The minimum Gasteiger partial charge on any atom is -0.494 e. The maximum atomic E-state index is 14.2. The molecule has 0 aliphatic rings. The normalized spacial score (nSPS) is 11.1. The zero-order chi connectivity index (χ0) is 23.8. The van der Waals surface area contributed by atoms with Crippen LogP contribution in [0.5, 0.6) is 5.75 Å². The lowest BCUT2D eigenvalue weighted by Gasteiger charge is -2.14. The van der Waals surface area contributed by atoms with Gasteiger partial charge < -0.3 is 10.1 Å². The Morgan fingerprint density at radius 1 is 1.15 bits per heavy atom. The molecule has 3 rings (SSSR count). The molecule has 3 aromatic carbocycles. The smallest absolute Gasteiger partial charge is 0.266 e. The molecule has 0 heterocycles. The van der Waals surface area contributed by atoms with Crippen LogP contribution in [0.1, 0.15) is 36.1 Å². The zero-order valence-electron chi connectivity index (χ0n) is 18.5. The molecule has 0 aliphatic heterocycles. The number of ether oxygens (including phenoxy) is 1. The van der Waals surface area contributed by atoms with Crippen LogP contribution in [0.3, 0.4) is 0 Å². The average Bonchev–Trinajstić information content (AvgIpc) is 2.81. The molecule has 168 valence electrons. The number of aryl methyl sites for hydroxylation is 1. The molecule has 0 spiro atoms. The maximum Gasteiger partial charge on any atom is 0.266 e. The summed E-state index contributed by atoms with van der Waals surface area (Å²) < 4.78 is 19.9. The number of nitrogens with one attached hydrogen (secondary N) is 1. The molecule has 1 N–H and O–H groups in total. The molecule has 0 saturated carbocycles. The summed E-state index contributed by atoms with van der Waals surface area (Å²) in [5.41, 5.74) is 3.35. The van der Waals surface area contributed by atoms with Crippen LogP contribution >= 0.6 is 11.6 Å². The standard InChI is InChI=1S/C27H24ClFN2O2/c1-3-18-9-11-22(12-10-18)31-27(32)21(17-30)13-19-14-24(28)23(26(15-19)33-4-2)16-20-7-5-6-8-25(20)29/h5-15H,3-4,16H2,1-2H3,(H,31,32)/b21-13+. The van der Waals surface area contributed by atoms with Gasteiger partial charge >= 0.3 is 0 Å². The van der Waals surface area contributed by atoms with Crippen LogP contribution in [-0.4, -0.2) is 12.5 Å². The molecule has 3 aromatic rings. The SMILES string of the molecule is CCOc1cc(/C=C(\C#N)C(=O)Nc2ccc(CC)cc2)cc(Cl)c1Cc1ccccc1F. The van der Waals surface area contributed by atoms with Gasteiger partial charge in [-0.3, -0.25) is 4.79 Å². The number of hydrogen-bond donors (Lipinski definition) is 1. The van der Waals surface area contributed by atoms with E-state index in [0.717, 1.165) is 12.0 Å². The molecule has 6 heteroatoms. The molecular formula is C27H24ClFN2O2. The van der Waals surface area contributed by atoms with Crippen LogP contribution in [0.2, 0.25) is 5.02 Å². The molecule has 0 fully saturated rings. The Bertz CT molecular complexity index is 1210. The zero-order valence-corrected chi connectivity index (χ0v) is 19.2. The van der Waals surface area contributed by atoms with Gasteiger partial charge in [-0.2, -0.15) is 5.26 Å². The average molecular weight is 463 g/mol. The van der Waals surface area contributed by atoms with Crippen LogP contribution in [0.4, 0.5) is 10.1 Å². The van der Waals surface area contributed by atoms with Crippen molar-refractivity contribution in [1.82, 2.24) is 0 Å². The summed E-state index contributed by atoms with van der Waals surface area (Å²) in [5.74, 6) is -0.367. The molecule has 0 unspecified atom stereocenters. The summed E-state index contributed by atoms with van der Waals surface area (Å²) in [6, 6.07) is 19.2. The van der Waals surface area contributed by atoms with Crippen molar-refractivity contribution in [2.75, 3.05) is 11.9 Å². The second-order valence-electron chi connectivity index (χ2n) is 7.36. The molecule has 0 aromatic heterocycles. The van der Waals surface area contributed by atoms with E-state index in [9.17, 15) is 14.4 Å². The van der Waals surface area contributed by atoms with Crippen molar-refractivity contribution in [1.29, 1.82) is 5.26 Å². The molecule has 0 radical (unpaired) electrons. The number of halogens is 2. The molecule has 4 nitrogen and oxygen atoms in total. The highest BCUT2D eigenvalue weighted by molar-refractivity contribution is 6.31. The van der Waals surface area contributed by atoms with Gasteiger partial charge in [-0.05, 0) is 66.4 Å². The van der Waals surface area contributed by atoms with Gasteiger partial charge in [0, 0.05) is 22.7 Å². The van der Waals surface area contributed by atoms with E-state index in [0.29, 0.717) is 39.8 Å². The van der Waals surface area contributed by atoms with E-state index in [1.165, 1.54) is 12.1 Å². The van der Waals surface area contributed by atoms with Crippen molar-refractivity contribution in [3.63, 3.8) is 0 Å². The number of nitriles is 1. The summed E-state index contributed by atoms with van der Waals surface area (Å²) in [7, 11) is 0. The maximum absolute atomic E-state index is 14.2. The summed E-state index contributed by atoms with van der Waals surface area (Å²) in [5, 5.41) is 12.7. The van der Waals surface area contributed by atoms with E-state index in [2.05, 4.69) is 5.32 Å². The Labute approximate surface area is 198 Å². The van der Waals surface area contributed by atoms with Gasteiger partial charge in [-0.1, -0.05) is 48.9 Å². The van der Waals surface area contributed by atoms with Gasteiger partial charge in [0.1, 0.15) is 23.2 Å². The molecule has 33 heavy (non-hydrogen) atoms. The van der Waals surface area contributed by atoms with Gasteiger partial charge in [0.15, 0.2) is 0 Å². The van der Waals surface area contributed by atoms with E-state index in [1.54, 1.807) is 42.5 Å². The van der Waals surface area contributed by atoms with Crippen molar-refractivity contribution in [3.8, 4) is 11.8 Å². The Morgan fingerprint density at radius 2 is 1.88 bits per heavy atom. The van der Waals surface area contributed by atoms with E-state index in [-0.39, 0.29) is 17.8 Å². The Kier molecular flexibility index (Phi) is 8.23. The van der Waals surface area contributed by atoms with Gasteiger partial charge in [-0.15, -0.1) is 0 Å². The highest BCUT2D eigenvalue weighted by Crippen LogP contribution is 2.32. The molecule has 0 aliphatic carbocycles. The third-order valence-corrected chi connectivity index (χ3v) is 5.44. The predicted octanol–water partition coefficient (Wildman–Crippen LogP) is 6.58. The lowest BCUT2D eigenvalue weighted by molar-refractivity contribution is -0.112. The Morgan fingerprint density at radius 3 is 2.52 bits per heavy atom. The minimum absolute atomic E-state index is 0.0741. The van der Waals surface area contributed by atoms with Gasteiger partial charge in [-0.25, -0.2) is 4.39 Å². The quantitative estimate of drug-likeness (QED) is 0.304. The van der Waals surface area contributed by atoms with E-state index in [1.807, 2.05) is 32.0 Å². The first-order valence-electron chi connectivity index (χ1n) is 10.7. The summed E-state index contributed by atoms with van der Waals surface area (Å²) in [6.45, 7) is 4.27. The predicted molar refractivity (Wildman–Crippen MR) is 130 cm³/mol. The molecule has 0 saturated heterocycles. The number of rotatable bonds is 8. The number of anilines is 1. The number of carbonyl (C=O) groups excluding carboxylic acids is 1. The Hall–Kier alpha value is -3.62. The summed E-state index contributed by atoms with van der Waals surface area (Å²) in [4.78, 5) is 12.6. The topological polar surface area (TPSA) is 62.1 Å². The fourth-order valence-electron chi connectivity index (χ4n) is 3.34. The lowest BCUT2D eigenvalue weighted by Crippen LogP contribution is -2.13. The second kappa shape index (κ2) is 11.3.